The van der Waals surface area contributed by atoms with E-state index >= 15 is 0 Å². The maximum absolute atomic E-state index is 12.2. The van der Waals surface area contributed by atoms with Gasteiger partial charge in [-0.05, 0) is 68.1 Å². The van der Waals surface area contributed by atoms with E-state index in [2.05, 4.69) is 46.6 Å². The minimum atomic E-state index is -1.20. The molecule has 0 radical (unpaired) electrons. The van der Waals surface area contributed by atoms with Gasteiger partial charge in [0.25, 0.3) is 5.56 Å². The first kappa shape index (κ1) is 19.5. The highest BCUT2D eigenvalue weighted by Crippen LogP contribution is 2.29. The van der Waals surface area contributed by atoms with Gasteiger partial charge in [-0.2, -0.15) is 0 Å². The van der Waals surface area contributed by atoms with E-state index in [-0.39, 0.29) is 5.56 Å². The maximum Gasteiger partial charge on any atom is 0.341 e. The van der Waals surface area contributed by atoms with Crippen molar-refractivity contribution in [2.24, 2.45) is 7.05 Å². The van der Waals surface area contributed by atoms with Crippen molar-refractivity contribution >= 4 is 16.9 Å². The molecule has 0 aliphatic carbocycles. The summed E-state index contributed by atoms with van der Waals surface area (Å²) in [5, 5.41) is 10.4. The van der Waals surface area contributed by atoms with Gasteiger partial charge in [0.1, 0.15) is 5.56 Å². The molecule has 1 saturated heterocycles. The summed E-state index contributed by atoms with van der Waals surface area (Å²) in [5.41, 5.74) is 4.06. The number of fused-ring (bicyclic) bond motifs is 1. The average molecular weight is 393 g/mol. The Kier molecular flexibility index (Phi) is 5.04. The molecule has 0 saturated carbocycles. The average Bonchev–Trinajstić information content (AvgIpc) is 3.24. The van der Waals surface area contributed by atoms with Crippen LogP contribution in [-0.4, -0.2) is 38.1 Å². The molecule has 2 aromatic heterocycles. The first-order valence-corrected chi connectivity index (χ1v) is 10.2. The summed E-state index contributed by atoms with van der Waals surface area (Å²) in [4.78, 5) is 28.8. The fourth-order valence-corrected chi connectivity index (χ4v) is 4.42. The van der Waals surface area contributed by atoms with Gasteiger partial charge in [-0.3, -0.25) is 9.69 Å². The van der Waals surface area contributed by atoms with Crippen LogP contribution in [0.2, 0.25) is 0 Å². The molecule has 1 unspecified atom stereocenters. The Bertz CT molecular complexity index is 1140. The van der Waals surface area contributed by atoms with Crippen LogP contribution in [0.4, 0.5) is 0 Å². The first-order chi connectivity index (χ1) is 13.9. The highest BCUT2D eigenvalue weighted by atomic mass is 16.4. The van der Waals surface area contributed by atoms with E-state index in [0.29, 0.717) is 18.2 Å². The first-order valence-electron chi connectivity index (χ1n) is 10.2. The molecular weight excluding hydrogens is 366 g/mol. The van der Waals surface area contributed by atoms with Gasteiger partial charge in [-0.1, -0.05) is 13.0 Å². The second-order valence-electron chi connectivity index (χ2n) is 8.00. The molecule has 1 aliphatic rings. The van der Waals surface area contributed by atoms with Crippen molar-refractivity contribution in [3.63, 3.8) is 0 Å². The van der Waals surface area contributed by atoms with Crippen molar-refractivity contribution < 1.29 is 9.90 Å². The van der Waals surface area contributed by atoms with Gasteiger partial charge in [0.05, 0.1) is 5.69 Å². The Balaban J connectivity index is 1.75. The summed E-state index contributed by atoms with van der Waals surface area (Å²) in [7, 11) is 2.10. The van der Waals surface area contributed by atoms with Crippen LogP contribution in [0, 0.1) is 0 Å². The molecule has 6 nitrogen and oxygen atoms in total. The van der Waals surface area contributed by atoms with Crippen molar-refractivity contribution in [2.75, 3.05) is 6.54 Å². The van der Waals surface area contributed by atoms with Crippen molar-refractivity contribution in [1.82, 2.24) is 14.5 Å². The number of hydrogen-bond donors (Lipinski definition) is 2. The number of pyridine rings is 1. The Hall–Kier alpha value is -2.86. The van der Waals surface area contributed by atoms with Crippen LogP contribution < -0.4 is 5.56 Å². The molecule has 4 rings (SSSR count). The molecule has 1 fully saturated rings. The summed E-state index contributed by atoms with van der Waals surface area (Å²) in [6.07, 6.45) is 3.15. The zero-order valence-electron chi connectivity index (χ0n) is 17.2. The van der Waals surface area contributed by atoms with Crippen LogP contribution >= 0.6 is 0 Å². The van der Waals surface area contributed by atoms with Crippen LogP contribution in [0.5, 0.6) is 0 Å². The molecule has 0 spiro atoms. The number of carboxylic acids is 1. The van der Waals surface area contributed by atoms with E-state index < -0.39 is 11.5 Å². The molecule has 152 valence electrons. The number of H-pyrrole nitrogens is 1. The van der Waals surface area contributed by atoms with E-state index in [9.17, 15) is 14.7 Å². The number of aromatic amines is 1. The standard InChI is InChI=1S/C23H27N3O3/c1-4-15-12-19(23(28)29)22(27)24-21(15)16-7-8-20-17(10-16)11-18(25(20)3)13-26-9-5-6-14(26)2/h7-8,10-12,14H,4-6,9,13H2,1-3H3,(H,24,27)(H,28,29). The van der Waals surface area contributed by atoms with Gasteiger partial charge >= 0.3 is 5.97 Å². The Morgan fingerprint density at radius 1 is 1.28 bits per heavy atom. The monoisotopic (exact) mass is 393 g/mol. The smallest absolute Gasteiger partial charge is 0.341 e. The summed E-state index contributed by atoms with van der Waals surface area (Å²) < 4.78 is 2.24. The minimum absolute atomic E-state index is 0.214. The van der Waals surface area contributed by atoms with Crippen LogP contribution in [0.1, 0.15) is 48.3 Å². The molecule has 0 amide bonds. The van der Waals surface area contributed by atoms with Gasteiger partial charge < -0.3 is 14.7 Å². The third-order valence-corrected chi connectivity index (χ3v) is 6.22. The van der Waals surface area contributed by atoms with Gasteiger partial charge in [0.2, 0.25) is 0 Å². The number of nitrogens with zero attached hydrogens (tertiary/aromatic N) is 2. The number of likely N-dealkylation sites (tertiary alicyclic amines) is 1. The van der Waals surface area contributed by atoms with Gasteiger partial charge in [-0.25, -0.2) is 4.79 Å². The molecule has 2 N–H and O–H groups in total. The number of aryl methyl sites for hydroxylation is 2. The van der Waals surface area contributed by atoms with E-state index in [1.54, 1.807) is 0 Å². The number of hydrogen-bond acceptors (Lipinski definition) is 3. The molecule has 29 heavy (non-hydrogen) atoms. The summed E-state index contributed by atoms with van der Waals surface area (Å²) in [6.45, 7) is 6.33. The normalized spacial score (nSPS) is 17.3. The largest absolute Gasteiger partial charge is 0.477 e. The summed E-state index contributed by atoms with van der Waals surface area (Å²) in [5.74, 6) is -1.20. The predicted octanol–water partition coefficient (Wildman–Crippen LogP) is 3.78. The molecule has 1 aromatic carbocycles. The fraction of sp³-hybridized carbons (Fsp3) is 0.391. The highest BCUT2D eigenvalue weighted by molar-refractivity contribution is 5.89. The summed E-state index contributed by atoms with van der Waals surface area (Å²) in [6, 6.07) is 10.5. The second-order valence-corrected chi connectivity index (χ2v) is 8.00. The Labute approximate surface area is 169 Å². The van der Waals surface area contributed by atoms with Crippen LogP contribution in [-0.2, 0) is 20.0 Å². The molecule has 6 heteroatoms. The predicted molar refractivity (Wildman–Crippen MR) is 114 cm³/mol. The number of rotatable bonds is 5. The minimum Gasteiger partial charge on any atom is -0.477 e. The molecule has 1 atom stereocenters. The lowest BCUT2D eigenvalue weighted by Crippen LogP contribution is -2.27. The maximum atomic E-state index is 12.2. The number of carboxylic acid groups (broad SMARTS) is 1. The third kappa shape index (κ3) is 3.49. The zero-order valence-corrected chi connectivity index (χ0v) is 17.2. The van der Waals surface area contributed by atoms with E-state index in [1.165, 1.54) is 24.6 Å². The van der Waals surface area contributed by atoms with Crippen molar-refractivity contribution in [2.45, 2.75) is 45.7 Å². The molecule has 0 bridgehead atoms. The SMILES string of the molecule is CCc1cc(C(=O)O)c(=O)[nH]c1-c1ccc2c(c1)cc(CN1CCCC1C)n2C. The number of carbonyl (C=O) groups is 1. The molecule has 3 heterocycles. The topological polar surface area (TPSA) is 78.3 Å². The highest BCUT2D eigenvalue weighted by Gasteiger charge is 2.22. The Morgan fingerprint density at radius 2 is 2.07 bits per heavy atom. The lowest BCUT2D eigenvalue weighted by molar-refractivity contribution is 0.0695. The molecule has 1 aliphatic heterocycles. The van der Waals surface area contributed by atoms with E-state index in [0.717, 1.165) is 35.1 Å². The zero-order chi connectivity index (χ0) is 20.7. The Morgan fingerprint density at radius 3 is 2.72 bits per heavy atom. The quantitative estimate of drug-likeness (QED) is 0.692. The molecule has 3 aromatic rings. The number of nitrogens with one attached hydrogen (secondary N) is 1. The lowest BCUT2D eigenvalue weighted by Gasteiger charge is -2.21. The van der Waals surface area contributed by atoms with E-state index in [4.69, 9.17) is 0 Å². The van der Waals surface area contributed by atoms with Crippen molar-refractivity contribution in [3.8, 4) is 11.3 Å². The van der Waals surface area contributed by atoms with E-state index in [1.807, 2.05) is 13.0 Å². The number of aromatic nitrogens is 2. The van der Waals surface area contributed by atoms with Crippen molar-refractivity contribution in [1.29, 1.82) is 0 Å². The van der Waals surface area contributed by atoms with Crippen LogP contribution in [0.15, 0.2) is 35.1 Å². The van der Waals surface area contributed by atoms with Crippen LogP contribution in [0.3, 0.4) is 0 Å². The lowest BCUT2D eigenvalue weighted by atomic mass is 10.0. The number of aromatic carboxylic acids is 1. The summed E-state index contributed by atoms with van der Waals surface area (Å²) >= 11 is 0. The fourth-order valence-electron chi connectivity index (χ4n) is 4.42. The third-order valence-electron chi connectivity index (χ3n) is 6.22. The molecular formula is C23H27N3O3. The van der Waals surface area contributed by atoms with Gasteiger partial charge in [-0.15, -0.1) is 0 Å². The number of benzene rings is 1. The second kappa shape index (κ2) is 7.52. The van der Waals surface area contributed by atoms with Crippen molar-refractivity contribution in [3.05, 3.63) is 57.5 Å². The van der Waals surface area contributed by atoms with Crippen LogP contribution in [0.25, 0.3) is 22.2 Å². The van der Waals surface area contributed by atoms with Gasteiger partial charge in [0.15, 0.2) is 0 Å². The van der Waals surface area contributed by atoms with Gasteiger partial charge in [0, 0.05) is 36.2 Å².